The second kappa shape index (κ2) is 4.03. The van der Waals surface area contributed by atoms with Crippen LogP contribution < -0.4 is 5.32 Å². The molecule has 0 aliphatic rings. The fourth-order valence-electron chi connectivity index (χ4n) is 0.749. The van der Waals surface area contributed by atoms with E-state index in [1.54, 1.807) is 18.2 Å². The van der Waals surface area contributed by atoms with Gasteiger partial charge >= 0.3 is 0 Å². The molecule has 5 heteroatoms. The zero-order valence-electron chi connectivity index (χ0n) is 5.84. The van der Waals surface area contributed by atoms with Gasteiger partial charge in [0.2, 0.25) is 0 Å². The molecule has 1 aromatic carbocycles. The van der Waals surface area contributed by atoms with Crippen molar-refractivity contribution in [1.29, 1.82) is 0 Å². The van der Waals surface area contributed by atoms with Crippen LogP contribution in [0.5, 0.6) is 0 Å². The molecule has 0 atom stereocenters. The number of anilines is 1. The van der Waals surface area contributed by atoms with Gasteiger partial charge in [0, 0.05) is 15.7 Å². The van der Waals surface area contributed by atoms with Gasteiger partial charge in [-0.15, -0.1) is 0 Å². The monoisotopic (exact) mass is 221 g/mol. The van der Waals surface area contributed by atoms with Crippen LogP contribution in [0.25, 0.3) is 0 Å². The molecule has 0 unspecified atom stereocenters. The molecule has 1 N–H and O–H groups in total. The lowest BCUT2D eigenvalue weighted by atomic mass is 10.3. The molecule has 0 fully saturated rings. The Hall–Kier alpha value is -0.380. The quantitative estimate of drug-likeness (QED) is 0.700. The van der Waals surface area contributed by atoms with Gasteiger partial charge in [-0.3, -0.25) is 4.79 Å². The van der Waals surface area contributed by atoms with E-state index in [1.807, 2.05) is 0 Å². The van der Waals surface area contributed by atoms with Crippen LogP contribution in [0.2, 0.25) is 10.0 Å². The van der Waals surface area contributed by atoms with Gasteiger partial charge in [-0.25, -0.2) is 0 Å². The average molecular weight is 222 g/mol. The summed E-state index contributed by atoms with van der Waals surface area (Å²) in [6, 6.07) is 4.75. The van der Waals surface area contributed by atoms with Crippen LogP contribution in [0.15, 0.2) is 18.2 Å². The number of benzene rings is 1. The summed E-state index contributed by atoms with van der Waals surface area (Å²) in [4.78, 5) is 10.5. The van der Waals surface area contributed by atoms with Gasteiger partial charge < -0.3 is 5.32 Å². The molecule has 1 aromatic rings. The fourth-order valence-corrected chi connectivity index (χ4v) is 1.40. The molecular weight excluding hydrogens is 217 g/mol. The summed E-state index contributed by atoms with van der Waals surface area (Å²) in [7, 11) is 0. The first-order valence-electron chi connectivity index (χ1n) is 3.04. The van der Waals surface area contributed by atoms with Crippen molar-refractivity contribution in [2.45, 2.75) is 0 Å². The third kappa shape index (κ3) is 2.93. The standard InChI is InChI=1S/C7H5Cl2NOS/c8-4-1-5(9)3-6(2-4)10-7(11)12/h1-3H,(H2,10,11,12). The Morgan fingerprint density at radius 1 is 1.25 bits per heavy atom. The van der Waals surface area contributed by atoms with Crippen LogP contribution in [0.3, 0.4) is 0 Å². The number of halogens is 2. The Kier molecular flexibility index (Phi) is 3.26. The average Bonchev–Trinajstić information content (AvgIpc) is 1.81. The largest absolute Gasteiger partial charge is 0.317 e. The predicted molar refractivity (Wildman–Crippen MR) is 54.5 cm³/mol. The fraction of sp³-hybridized carbons (Fsp3) is 0. The van der Waals surface area contributed by atoms with Crippen LogP contribution in [-0.2, 0) is 0 Å². The van der Waals surface area contributed by atoms with Gasteiger partial charge in [0.15, 0.2) is 0 Å². The third-order valence-electron chi connectivity index (χ3n) is 1.11. The zero-order valence-corrected chi connectivity index (χ0v) is 8.25. The number of hydrogen-bond acceptors (Lipinski definition) is 1. The molecule has 64 valence electrons. The second-order valence-corrected chi connectivity index (χ2v) is 3.37. The van der Waals surface area contributed by atoms with Gasteiger partial charge in [0.05, 0.1) is 0 Å². The minimum atomic E-state index is -0.451. The Morgan fingerprint density at radius 3 is 2.17 bits per heavy atom. The number of carbonyl (C=O) groups is 1. The van der Waals surface area contributed by atoms with E-state index in [-0.39, 0.29) is 0 Å². The summed E-state index contributed by atoms with van der Waals surface area (Å²) >= 11 is 14.9. The predicted octanol–water partition coefficient (Wildman–Crippen LogP) is 3.46. The minimum Gasteiger partial charge on any atom is -0.317 e. The van der Waals surface area contributed by atoms with Crippen molar-refractivity contribution in [2.75, 3.05) is 5.32 Å². The lowest BCUT2D eigenvalue weighted by Crippen LogP contribution is -2.00. The van der Waals surface area contributed by atoms with E-state index in [4.69, 9.17) is 23.2 Å². The number of nitrogens with one attached hydrogen (secondary N) is 1. The highest BCUT2D eigenvalue weighted by atomic mass is 35.5. The maximum atomic E-state index is 10.5. The van der Waals surface area contributed by atoms with E-state index in [1.165, 1.54) is 0 Å². The highest BCUT2D eigenvalue weighted by Crippen LogP contribution is 2.22. The maximum absolute atomic E-state index is 10.5. The van der Waals surface area contributed by atoms with Crippen LogP contribution in [-0.4, -0.2) is 5.24 Å². The number of carbonyl (C=O) groups excluding carboxylic acids is 1. The van der Waals surface area contributed by atoms with Crippen LogP contribution in [0, 0.1) is 0 Å². The van der Waals surface area contributed by atoms with Gasteiger partial charge in [-0.2, -0.15) is 0 Å². The van der Waals surface area contributed by atoms with Crippen LogP contribution in [0.1, 0.15) is 0 Å². The number of thiol groups is 1. The summed E-state index contributed by atoms with van der Waals surface area (Å²) in [6.07, 6.45) is 0. The van der Waals surface area contributed by atoms with Crippen LogP contribution >= 0.6 is 35.8 Å². The molecule has 0 radical (unpaired) electrons. The van der Waals surface area contributed by atoms with Gasteiger partial charge in [-0.05, 0) is 18.2 Å². The second-order valence-electron chi connectivity index (χ2n) is 2.09. The van der Waals surface area contributed by atoms with Crippen molar-refractivity contribution >= 4 is 46.8 Å². The Balaban J connectivity index is 2.93. The van der Waals surface area contributed by atoms with E-state index < -0.39 is 5.24 Å². The highest BCUT2D eigenvalue weighted by Gasteiger charge is 1.99. The molecule has 2 nitrogen and oxygen atoms in total. The highest BCUT2D eigenvalue weighted by molar-refractivity contribution is 7.96. The van der Waals surface area contributed by atoms with Crippen molar-refractivity contribution in [3.63, 3.8) is 0 Å². The summed E-state index contributed by atoms with van der Waals surface area (Å²) in [5, 5.41) is 2.94. The molecule has 0 saturated carbocycles. The lowest BCUT2D eigenvalue weighted by molar-refractivity contribution is 0.270. The smallest absolute Gasteiger partial charge is 0.280 e. The molecule has 12 heavy (non-hydrogen) atoms. The minimum absolute atomic E-state index is 0.451. The zero-order chi connectivity index (χ0) is 9.14. The van der Waals surface area contributed by atoms with E-state index in [0.717, 1.165) is 0 Å². The van der Waals surface area contributed by atoms with Gasteiger partial charge in [0.25, 0.3) is 5.24 Å². The molecule has 0 aliphatic carbocycles. The number of rotatable bonds is 1. The molecule has 0 aromatic heterocycles. The molecule has 0 bridgehead atoms. The third-order valence-corrected chi connectivity index (χ3v) is 1.66. The van der Waals surface area contributed by atoms with Gasteiger partial charge in [-0.1, -0.05) is 35.8 Å². The summed E-state index contributed by atoms with van der Waals surface area (Å²) in [5.74, 6) is 0. The Morgan fingerprint density at radius 2 is 1.75 bits per heavy atom. The Labute approximate surface area is 85.3 Å². The van der Waals surface area contributed by atoms with Crippen molar-refractivity contribution < 1.29 is 4.79 Å². The first-order valence-corrected chi connectivity index (χ1v) is 4.24. The van der Waals surface area contributed by atoms with Crippen molar-refractivity contribution in [2.24, 2.45) is 0 Å². The summed E-state index contributed by atoms with van der Waals surface area (Å²) in [5.41, 5.74) is 0.535. The molecule has 1 rings (SSSR count). The van der Waals surface area contributed by atoms with E-state index in [9.17, 15) is 4.79 Å². The number of amides is 1. The molecule has 0 aliphatic heterocycles. The van der Waals surface area contributed by atoms with E-state index in [0.29, 0.717) is 15.7 Å². The molecule has 1 amide bonds. The molecular formula is C7H5Cl2NOS. The molecule has 0 spiro atoms. The topological polar surface area (TPSA) is 29.1 Å². The number of hydrogen-bond donors (Lipinski definition) is 2. The van der Waals surface area contributed by atoms with Gasteiger partial charge in [0.1, 0.15) is 0 Å². The molecule has 0 saturated heterocycles. The summed E-state index contributed by atoms with van der Waals surface area (Å²) in [6.45, 7) is 0. The van der Waals surface area contributed by atoms with E-state index >= 15 is 0 Å². The normalized spacial score (nSPS) is 9.58. The van der Waals surface area contributed by atoms with Crippen molar-refractivity contribution in [3.05, 3.63) is 28.2 Å². The first-order chi connectivity index (χ1) is 5.58. The SMILES string of the molecule is O=C(S)Nc1cc(Cl)cc(Cl)c1. The summed E-state index contributed by atoms with van der Waals surface area (Å²) < 4.78 is 0. The lowest BCUT2D eigenvalue weighted by Gasteiger charge is -2.01. The van der Waals surface area contributed by atoms with Crippen LogP contribution in [0.4, 0.5) is 10.5 Å². The molecule has 0 heterocycles. The first kappa shape index (κ1) is 9.71. The maximum Gasteiger partial charge on any atom is 0.280 e. The Bertz CT molecular complexity index is 296. The van der Waals surface area contributed by atoms with E-state index in [2.05, 4.69) is 17.9 Å². The van der Waals surface area contributed by atoms with Crippen molar-refractivity contribution in [3.8, 4) is 0 Å². The van der Waals surface area contributed by atoms with Crippen molar-refractivity contribution in [1.82, 2.24) is 0 Å².